The molecule has 0 fully saturated rings. The lowest BCUT2D eigenvalue weighted by molar-refractivity contribution is 0.463. The van der Waals surface area contributed by atoms with Crippen LogP contribution in [0, 0.1) is 0 Å². The smallest absolute Gasteiger partial charge is 0.221 e. The Morgan fingerprint density at radius 2 is 2.00 bits per heavy atom. The predicted molar refractivity (Wildman–Crippen MR) is 69.5 cm³/mol. The maximum absolute atomic E-state index is 5.66. The molecule has 0 amide bonds. The van der Waals surface area contributed by atoms with Crippen LogP contribution in [0.2, 0.25) is 0 Å². The van der Waals surface area contributed by atoms with Crippen molar-refractivity contribution in [1.29, 1.82) is 0 Å². The van der Waals surface area contributed by atoms with E-state index in [1.807, 2.05) is 43.3 Å². The van der Waals surface area contributed by atoms with Gasteiger partial charge in [-0.05, 0) is 18.2 Å². The van der Waals surface area contributed by atoms with Crippen LogP contribution in [-0.2, 0) is 0 Å². The van der Waals surface area contributed by atoms with Crippen molar-refractivity contribution in [3.8, 4) is 11.6 Å². The molecule has 0 bridgehead atoms. The number of hydrogen-bond acceptors (Lipinski definition) is 4. The van der Waals surface area contributed by atoms with Gasteiger partial charge >= 0.3 is 0 Å². The Morgan fingerprint density at radius 1 is 1.18 bits per heavy atom. The van der Waals surface area contributed by atoms with Crippen molar-refractivity contribution in [3.05, 3.63) is 42.6 Å². The third kappa shape index (κ3) is 2.87. The molecule has 1 aromatic heterocycles. The Labute approximate surface area is 101 Å². The van der Waals surface area contributed by atoms with E-state index < -0.39 is 0 Å². The summed E-state index contributed by atoms with van der Waals surface area (Å²) in [6, 6.07) is 11.2. The van der Waals surface area contributed by atoms with Crippen LogP contribution >= 0.6 is 0 Å². The molecule has 0 unspecified atom stereocenters. The first kappa shape index (κ1) is 11.3. The van der Waals surface area contributed by atoms with Crippen molar-refractivity contribution in [2.24, 2.45) is 0 Å². The molecule has 1 heterocycles. The number of nitrogens with zero attached hydrogens (tertiary/aromatic N) is 2. The first-order valence-corrected chi connectivity index (χ1v) is 5.32. The van der Waals surface area contributed by atoms with Crippen molar-refractivity contribution < 1.29 is 4.74 Å². The normalized spacial score (nSPS) is 10.0. The van der Waals surface area contributed by atoms with Crippen molar-refractivity contribution in [3.63, 3.8) is 0 Å². The number of rotatable bonds is 3. The largest absolute Gasteiger partial charge is 0.439 e. The number of nitrogens with two attached hydrogens (primary N) is 1. The van der Waals surface area contributed by atoms with Crippen molar-refractivity contribution in [2.45, 2.75) is 0 Å². The third-order valence-corrected chi connectivity index (χ3v) is 2.32. The summed E-state index contributed by atoms with van der Waals surface area (Å²) in [5, 5.41) is 0. The summed E-state index contributed by atoms with van der Waals surface area (Å²) >= 11 is 0. The average molecular weight is 229 g/mol. The molecule has 2 N–H and O–H groups in total. The highest BCUT2D eigenvalue weighted by atomic mass is 16.5. The minimum absolute atomic E-state index is 0.501. The van der Waals surface area contributed by atoms with E-state index in [4.69, 9.17) is 10.5 Å². The van der Waals surface area contributed by atoms with Gasteiger partial charge in [0.05, 0.1) is 0 Å². The van der Waals surface area contributed by atoms with Crippen LogP contribution in [0.25, 0.3) is 0 Å². The molecule has 1 aromatic carbocycles. The van der Waals surface area contributed by atoms with Crippen LogP contribution in [0.3, 0.4) is 0 Å². The minimum Gasteiger partial charge on any atom is -0.439 e. The SMILES string of the molecule is CN(C)c1cccc(Oc2cc(N)ccn2)c1. The monoisotopic (exact) mass is 229 g/mol. The molecule has 0 saturated carbocycles. The number of nitrogen functional groups attached to an aromatic ring is 1. The second kappa shape index (κ2) is 4.74. The fourth-order valence-electron chi connectivity index (χ4n) is 1.43. The molecule has 88 valence electrons. The summed E-state index contributed by atoms with van der Waals surface area (Å²) in [7, 11) is 3.97. The minimum atomic E-state index is 0.501. The molecule has 0 radical (unpaired) electrons. The average Bonchev–Trinajstić information content (AvgIpc) is 2.29. The van der Waals surface area contributed by atoms with E-state index in [-0.39, 0.29) is 0 Å². The molecule has 0 aliphatic heterocycles. The Bertz CT molecular complexity index is 512. The van der Waals surface area contributed by atoms with Crippen molar-refractivity contribution in [1.82, 2.24) is 4.98 Å². The van der Waals surface area contributed by atoms with E-state index in [9.17, 15) is 0 Å². The number of anilines is 2. The summed E-state index contributed by atoms with van der Waals surface area (Å²) in [6.07, 6.45) is 1.63. The zero-order valence-electron chi connectivity index (χ0n) is 9.92. The van der Waals surface area contributed by atoms with Gasteiger partial charge in [-0.25, -0.2) is 4.98 Å². The molecular formula is C13H15N3O. The summed E-state index contributed by atoms with van der Waals surface area (Å²) in [4.78, 5) is 6.11. The second-order valence-electron chi connectivity index (χ2n) is 3.92. The van der Waals surface area contributed by atoms with E-state index in [0.717, 1.165) is 11.4 Å². The van der Waals surface area contributed by atoms with Gasteiger partial charge in [0, 0.05) is 43.8 Å². The van der Waals surface area contributed by atoms with E-state index >= 15 is 0 Å². The lowest BCUT2D eigenvalue weighted by atomic mass is 10.3. The van der Waals surface area contributed by atoms with Crippen LogP contribution in [0.4, 0.5) is 11.4 Å². The first-order valence-electron chi connectivity index (χ1n) is 5.32. The van der Waals surface area contributed by atoms with Gasteiger partial charge in [-0.2, -0.15) is 0 Å². The second-order valence-corrected chi connectivity index (χ2v) is 3.92. The highest BCUT2D eigenvalue weighted by Gasteiger charge is 2.01. The molecule has 0 saturated heterocycles. The molecule has 4 nitrogen and oxygen atoms in total. The number of benzene rings is 1. The van der Waals surface area contributed by atoms with E-state index in [1.165, 1.54) is 0 Å². The topological polar surface area (TPSA) is 51.4 Å². The number of hydrogen-bond donors (Lipinski definition) is 1. The molecule has 17 heavy (non-hydrogen) atoms. The van der Waals surface area contributed by atoms with E-state index in [2.05, 4.69) is 4.98 Å². The van der Waals surface area contributed by atoms with E-state index in [0.29, 0.717) is 11.6 Å². The van der Waals surface area contributed by atoms with Gasteiger partial charge in [0.2, 0.25) is 5.88 Å². The lowest BCUT2D eigenvalue weighted by Gasteiger charge is -2.13. The summed E-state index contributed by atoms with van der Waals surface area (Å²) in [5.74, 6) is 1.25. The highest BCUT2D eigenvalue weighted by Crippen LogP contribution is 2.24. The van der Waals surface area contributed by atoms with Crippen molar-refractivity contribution in [2.75, 3.05) is 24.7 Å². The Balaban J connectivity index is 2.21. The molecule has 4 heteroatoms. The van der Waals surface area contributed by atoms with Crippen molar-refractivity contribution >= 4 is 11.4 Å². The quantitative estimate of drug-likeness (QED) is 0.878. The van der Waals surface area contributed by atoms with Crippen LogP contribution < -0.4 is 15.4 Å². The Morgan fingerprint density at radius 3 is 2.71 bits per heavy atom. The lowest BCUT2D eigenvalue weighted by Crippen LogP contribution is -2.08. The number of ether oxygens (including phenoxy) is 1. The maximum Gasteiger partial charge on any atom is 0.221 e. The molecule has 0 aliphatic carbocycles. The van der Waals surface area contributed by atoms with Gasteiger partial charge in [-0.1, -0.05) is 6.07 Å². The molecule has 2 rings (SSSR count). The third-order valence-electron chi connectivity index (χ3n) is 2.32. The highest BCUT2D eigenvalue weighted by molar-refractivity contribution is 5.50. The number of pyridine rings is 1. The van der Waals surface area contributed by atoms with Crippen LogP contribution in [0.5, 0.6) is 11.6 Å². The molecule has 2 aromatic rings. The molecule has 0 aliphatic rings. The van der Waals surface area contributed by atoms with Gasteiger partial charge in [0.1, 0.15) is 5.75 Å². The van der Waals surface area contributed by atoms with E-state index in [1.54, 1.807) is 18.3 Å². The fraction of sp³-hybridized carbons (Fsp3) is 0.154. The Kier molecular flexibility index (Phi) is 3.14. The molecule has 0 spiro atoms. The zero-order valence-corrected chi connectivity index (χ0v) is 9.92. The predicted octanol–water partition coefficient (Wildman–Crippen LogP) is 2.52. The van der Waals surface area contributed by atoms with Gasteiger partial charge < -0.3 is 15.4 Å². The summed E-state index contributed by atoms with van der Waals surface area (Å²) < 4.78 is 5.63. The molecular weight excluding hydrogens is 214 g/mol. The number of aromatic nitrogens is 1. The van der Waals surface area contributed by atoms with Gasteiger partial charge in [-0.3, -0.25) is 0 Å². The summed E-state index contributed by atoms with van der Waals surface area (Å²) in [6.45, 7) is 0. The first-order chi connectivity index (χ1) is 8.15. The fourth-order valence-corrected chi connectivity index (χ4v) is 1.43. The van der Waals surface area contributed by atoms with Crippen LogP contribution in [0.15, 0.2) is 42.6 Å². The maximum atomic E-state index is 5.66. The summed E-state index contributed by atoms with van der Waals surface area (Å²) in [5.41, 5.74) is 7.38. The van der Waals surface area contributed by atoms with Crippen LogP contribution in [0.1, 0.15) is 0 Å². The zero-order chi connectivity index (χ0) is 12.3. The molecule has 0 atom stereocenters. The van der Waals surface area contributed by atoms with Gasteiger partial charge in [0.25, 0.3) is 0 Å². The van der Waals surface area contributed by atoms with Crippen LogP contribution in [-0.4, -0.2) is 19.1 Å². The standard InChI is InChI=1S/C13H15N3O/c1-16(2)11-4-3-5-12(9-11)17-13-8-10(14)6-7-15-13/h3-9H,1-2H3,(H2,14,15). The van der Waals surface area contributed by atoms with Gasteiger partial charge in [0.15, 0.2) is 0 Å². The Hall–Kier alpha value is -2.23. The van der Waals surface area contributed by atoms with Gasteiger partial charge in [-0.15, -0.1) is 0 Å².